The van der Waals surface area contributed by atoms with Crippen LogP contribution in [0.1, 0.15) is 12.5 Å². The number of fused-ring (bicyclic) bond motifs is 7. The lowest BCUT2D eigenvalue weighted by Crippen LogP contribution is -1.95. The minimum Gasteiger partial charge on any atom is -0.252 e. The number of nitrogens with zero attached hydrogens (tertiary/aromatic N) is 3. The molecule has 3 nitrogen and oxygen atoms in total. The van der Waals surface area contributed by atoms with Crippen molar-refractivity contribution in [3.05, 3.63) is 200 Å². The van der Waals surface area contributed by atoms with Gasteiger partial charge < -0.3 is 0 Å². The number of aromatic nitrogens is 2. The molecule has 11 rings (SSSR count). The zero-order chi connectivity index (χ0) is 38.6. The van der Waals surface area contributed by atoms with Gasteiger partial charge in [0, 0.05) is 58.9 Å². The topological polar surface area (TPSA) is 38.1 Å². The third-order valence-corrected chi connectivity index (χ3v) is 12.5. The Bertz CT molecular complexity index is 3400. The first-order chi connectivity index (χ1) is 28.7. The molecule has 0 atom stereocenters. The maximum absolute atomic E-state index is 5.30. The van der Waals surface area contributed by atoms with Crippen LogP contribution in [0.2, 0.25) is 0 Å². The van der Waals surface area contributed by atoms with Gasteiger partial charge in [0.1, 0.15) is 0 Å². The summed E-state index contributed by atoms with van der Waals surface area (Å²) in [5, 5.41) is 7.10. The average molecular weight is 758 g/mol. The molecule has 58 heavy (non-hydrogen) atoms. The Balaban J connectivity index is 0.940. The van der Waals surface area contributed by atoms with E-state index in [0.29, 0.717) is 0 Å². The maximum atomic E-state index is 5.30. The third kappa shape index (κ3) is 5.85. The first kappa shape index (κ1) is 34.0. The van der Waals surface area contributed by atoms with Crippen LogP contribution in [0.3, 0.4) is 0 Å². The molecule has 0 fully saturated rings. The monoisotopic (exact) mass is 757 g/mol. The highest BCUT2D eigenvalue weighted by Crippen LogP contribution is 2.43. The summed E-state index contributed by atoms with van der Waals surface area (Å²) in [5.41, 5.74) is 13.6. The summed E-state index contributed by atoms with van der Waals surface area (Å²) in [6, 6.07) is 68.9. The van der Waals surface area contributed by atoms with Gasteiger partial charge in [0.25, 0.3) is 0 Å². The van der Waals surface area contributed by atoms with Crippen LogP contribution in [0, 0.1) is 0 Å². The number of para-hydroxylation sites is 1. The minimum atomic E-state index is 0.910. The molecular weight excluding hydrogens is 723 g/mol. The van der Waals surface area contributed by atoms with Gasteiger partial charge >= 0.3 is 0 Å². The van der Waals surface area contributed by atoms with Crippen LogP contribution >= 0.6 is 11.3 Å². The molecule has 0 unspecified atom stereocenters. The number of pyridine rings is 2. The van der Waals surface area contributed by atoms with E-state index in [4.69, 9.17) is 15.0 Å². The van der Waals surface area contributed by atoms with Gasteiger partial charge in [-0.05, 0) is 58.7 Å². The quantitative estimate of drug-likeness (QED) is 0.125. The van der Waals surface area contributed by atoms with Gasteiger partial charge in [-0.3, -0.25) is 4.99 Å². The Morgan fingerprint density at radius 2 is 1.00 bits per heavy atom. The standard InChI is InChI=1S/C54H35N3S/c1-34(55-49-20-9-7-16-43(49)46-18-11-19-47-45-17-8-10-21-51(45)58-54(46)47)35-22-24-36(25-23-35)40-30-31-44(42-15-6-5-14-41(40)42)50-33-29-39-27-26-38-28-32-48(37-12-3-2-4-13-37)56-52(38)53(39)57-50/h2-33H,1H3. The molecule has 4 heteroatoms. The van der Waals surface area contributed by atoms with Gasteiger partial charge in [0.05, 0.1) is 28.1 Å². The van der Waals surface area contributed by atoms with E-state index in [2.05, 4.69) is 195 Å². The molecular formula is C54H35N3S. The summed E-state index contributed by atoms with van der Waals surface area (Å²) in [5.74, 6) is 0. The molecule has 3 aromatic heterocycles. The lowest BCUT2D eigenvalue weighted by Gasteiger charge is -2.13. The highest BCUT2D eigenvalue weighted by atomic mass is 32.1. The van der Waals surface area contributed by atoms with Crippen molar-refractivity contribution in [3.63, 3.8) is 0 Å². The fourth-order valence-corrected chi connectivity index (χ4v) is 9.59. The van der Waals surface area contributed by atoms with Crippen molar-refractivity contribution in [1.29, 1.82) is 0 Å². The lowest BCUT2D eigenvalue weighted by molar-refractivity contribution is 1.37. The smallest absolute Gasteiger partial charge is 0.0972 e. The van der Waals surface area contributed by atoms with Crippen LogP contribution in [0.25, 0.3) is 97.5 Å². The molecule has 0 bridgehead atoms. The van der Waals surface area contributed by atoms with Crippen molar-refractivity contribution in [2.45, 2.75) is 6.92 Å². The predicted molar refractivity (Wildman–Crippen MR) is 247 cm³/mol. The highest BCUT2D eigenvalue weighted by molar-refractivity contribution is 7.26. The van der Waals surface area contributed by atoms with Crippen LogP contribution in [-0.2, 0) is 0 Å². The van der Waals surface area contributed by atoms with E-state index in [1.54, 1.807) is 0 Å². The zero-order valence-corrected chi connectivity index (χ0v) is 32.5. The fourth-order valence-electron chi connectivity index (χ4n) is 8.36. The van der Waals surface area contributed by atoms with Crippen LogP contribution < -0.4 is 0 Å². The Morgan fingerprint density at radius 3 is 1.79 bits per heavy atom. The van der Waals surface area contributed by atoms with Gasteiger partial charge in [-0.25, -0.2) is 9.97 Å². The second kappa shape index (κ2) is 14.0. The van der Waals surface area contributed by atoms with Crippen molar-refractivity contribution >= 4 is 75.5 Å². The van der Waals surface area contributed by atoms with E-state index in [9.17, 15) is 0 Å². The van der Waals surface area contributed by atoms with Crippen LogP contribution in [0.15, 0.2) is 199 Å². The van der Waals surface area contributed by atoms with Gasteiger partial charge in [-0.1, -0.05) is 170 Å². The molecule has 0 N–H and O–H groups in total. The average Bonchev–Trinajstić information content (AvgIpc) is 3.68. The molecule has 0 radical (unpaired) electrons. The molecule has 0 aliphatic heterocycles. The number of hydrogen-bond donors (Lipinski definition) is 0. The second-order valence-electron chi connectivity index (χ2n) is 14.7. The normalized spacial score (nSPS) is 12.0. The predicted octanol–water partition coefficient (Wildman–Crippen LogP) is 15.1. The SMILES string of the molecule is CC(=Nc1ccccc1-c1cccc2c1sc1ccccc12)c1ccc(-c2ccc(-c3ccc4ccc5ccc(-c6ccccc6)nc5c4n3)c3ccccc23)cc1. The molecule has 3 heterocycles. The van der Waals surface area contributed by atoms with E-state index in [1.165, 1.54) is 36.7 Å². The van der Waals surface area contributed by atoms with Gasteiger partial charge in [0.2, 0.25) is 0 Å². The highest BCUT2D eigenvalue weighted by Gasteiger charge is 2.15. The van der Waals surface area contributed by atoms with E-state index < -0.39 is 0 Å². The summed E-state index contributed by atoms with van der Waals surface area (Å²) >= 11 is 1.85. The third-order valence-electron chi connectivity index (χ3n) is 11.3. The van der Waals surface area contributed by atoms with E-state index in [-0.39, 0.29) is 0 Å². The second-order valence-corrected chi connectivity index (χ2v) is 15.8. The molecule has 0 spiro atoms. The van der Waals surface area contributed by atoms with Gasteiger partial charge in [-0.2, -0.15) is 0 Å². The summed E-state index contributed by atoms with van der Waals surface area (Å²) in [6.45, 7) is 2.10. The molecule has 0 aliphatic carbocycles. The zero-order valence-electron chi connectivity index (χ0n) is 31.7. The number of rotatable bonds is 6. The Kier molecular flexibility index (Phi) is 8.23. The number of benzene rings is 8. The number of thiophene rings is 1. The molecule has 8 aromatic carbocycles. The molecule has 0 amide bonds. The lowest BCUT2D eigenvalue weighted by atomic mass is 9.93. The number of hydrogen-bond acceptors (Lipinski definition) is 4. The Morgan fingerprint density at radius 1 is 0.414 bits per heavy atom. The molecule has 0 saturated carbocycles. The number of aliphatic imine (C=N–C) groups is 1. The minimum absolute atomic E-state index is 0.910. The van der Waals surface area contributed by atoms with Crippen molar-refractivity contribution in [3.8, 4) is 44.8 Å². The van der Waals surface area contributed by atoms with Crippen LogP contribution in [0.4, 0.5) is 5.69 Å². The molecule has 272 valence electrons. The Labute approximate surface area is 340 Å². The van der Waals surface area contributed by atoms with Gasteiger partial charge in [0.15, 0.2) is 0 Å². The van der Waals surface area contributed by atoms with Crippen molar-refractivity contribution in [2.75, 3.05) is 0 Å². The maximum Gasteiger partial charge on any atom is 0.0972 e. The summed E-state index contributed by atoms with van der Waals surface area (Å²) in [6.07, 6.45) is 0. The van der Waals surface area contributed by atoms with E-state index in [1.807, 2.05) is 17.4 Å². The first-order valence-electron chi connectivity index (χ1n) is 19.6. The van der Waals surface area contributed by atoms with Crippen LogP contribution in [0.5, 0.6) is 0 Å². The van der Waals surface area contributed by atoms with Crippen molar-refractivity contribution < 1.29 is 0 Å². The molecule has 0 saturated heterocycles. The Hall–Kier alpha value is -7.27. The fraction of sp³-hybridized carbons (Fsp3) is 0.0185. The molecule has 11 aromatic rings. The largest absolute Gasteiger partial charge is 0.252 e. The summed E-state index contributed by atoms with van der Waals surface area (Å²) in [4.78, 5) is 15.7. The first-order valence-corrected chi connectivity index (χ1v) is 20.4. The van der Waals surface area contributed by atoms with Gasteiger partial charge in [-0.15, -0.1) is 11.3 Å². The van der Waals surface area contributed by atoms with Crippen LogP contribution in [-0.4, -0.2) is 15.7 Å². The summed E-state index contributed by atoms with van der Waals surface area (Å²) < 4.78 is 2.60. The van der Waals surface area contributed by atoms with Crippen molar-refractivity contribution in [2.24, 2.45) is 4.99 Å². The summed E-state index contributed by atoms with van der Waals surface area (Å²) in [7, 11) is 0. The van der Waals surface area contributed by atoms with Crippen molar-refractivity contribution in [1.82, 2.24) is 9.97 Å². The molecule has 0 aliphatic rings. The van der Waals surface area contributed by atoms with E-state index >= 15 is 0 Å². The van der Waals surface area contributed by atoms with E-state index in [0.717, 1.165) is 77.8 Å².